The van der Waals surface area contributed by atoms with Crippen LogP contribution < -0.4 is 15.7 Å². The molecule has 0 radical (unpaired) electrons. The molecule has 0 saturated carbocycles. The lowest BCUT2D eigenvalue weighted by Gasteiger charge is -2.03. The fourth-order valence-electron chi connectivity index (χ4n) is 1.40. The van der Waals surface area contributed by atoms with Gasteiger partial charge in [0.2, 0.25) is 0 Å². The lowest BCUT2D eigenvalue weighted by Crippen LogP contribution is -2.10. The SMILES string of the molecule is COc1ccc(/C=N\Nc2cn[nH]c(=O)c2Cl)cc1Br. The molecule has 0 aliphatic rings. The number of anilines is 1. The van der Waals surface area contributed by atoms with E-state index in [1.165, 1.54) is 6.20 Å². The molecule has 1 aromatic carbocycles. The van der Waals surface area contributed by atoms with Gasteiger partial charge < -0.3 is 4.74 Å². The second kappa shape index (κ2) is 6.53. The highest BCUT2D eigenvalue weighted by molar-refractivity contribution is 9.10. The summed E-state index contributed by atoms with van der Waals surface area (Å²) in [6.45, 7) is 0. The third-order valence-corrected chi connectivity index (χ3v) is 3.36. The number of aromatic nitrogens is 2. The van der Waals surface area contributed by atoms with E-state index in [9.17, 15) is 4.79 Å². The lowest BCUT2D eigenvalue weighted by molar-refractivity contribution is 0.412. The van der Waals surface area contributed by atoms with Crippen LogP contribution in [0.4, 0.5) is 5.69 Å². The van der Waals surface area contributed by atoms with Crippen molar-refractivity contribution in [3.63, 3.8) is 0 Å². The molecular weight excluding hydrogens is 348 g/mol. The van der Waals surface area contributed by atoms with E-state index in [0.29, 0.717) is 5.69 Å². The number of nitrogens with one attached hydrogen (secondary N) is 2. The van der Waals surface area contributed by atoms with Crippen molar-refractivity contribution in [2.45, 2.75) is 0 Å². The molecule has 6 nitrogen and oxygen atoms in total. The normalized spacial score (nSPS) is 10.8. The van der Waals surface area contributed by atoms with Gasteiger partial charge in [0.05, 0.1) is 24.0 Å². The first-order valence-electron chi connectivity index (χ1n) is 5.47. The number of hydrazone groups is 1. The van der Waals surface area contributed by atoms with Crippen LogP contribution in [0.3, 0.4) is 0 Å². The average molecular weight is 358 g/mol. The van der Waals surface area contributed by atoms with Crippen LogP contribution in [0.5, 0.6) is 5.75 Å². The third kappa shape index (κ3) is 3.37. The molecule has 0 amide bonds. The molecule has 8 heteroatoms. The van der Waals surface area contributed by atoms with Crippen LogP contribution in [0.25, 0.3) is 0 Å². The van der Waals surface area contributed by atoms with Crippen molar-refractivity contribution >= 4 is 39.4 Å². The number of rotatable bonds is 4. The first kappa shape index (κ1) is 14.5. The summed E-state index contributed by atoms with van der Waals surface area (Å²) in [5.74, 6) is 0.733. The summed E-state index contributed by atoms with van der Waals surface area (Å²) in [6, 6.07) is 5.50. The Morgan fingerprint density at radius 3 is 3.05 bits per heavy atom. The number of halogens is 2. The summed E-state index contributed by atoms with van der Waals surface area (Å²) in [4.78, 5) is 11.2. The van der Waals surface area contributed by atoms with Crippen LogP contribution in [0.2, 0.25) is 5.02 Å². The maximum absolute atomic E-state index is 11.2. The molecule has 104 valence electrons. The molecule has 1 aromatic heterocycles. The Kier molecular flexibility index (Phi) is 4.75. The number of aromatic amines is 1. The van der Waals surface area contributed by atoms with Crippen LogP contribution >= 0.6 is 27.5 Å². The van der Waals surface area contributed by atoms with Crippen LogP contribution in [0, 0.1) is 0 Å². The lowest BCUT2D eigenvalue weighted by atomic mass is 10.2. The highest BCUT2D eigenvalue weighted by Gasteiger charge is 2.03. The Morgan fingerprint density at radius 1 is 1.55 bits per heavy atom. The molecule has 0 aliphatic carbocycles. The molecule has 20 heavy (non-hydrogen) atoms. The smallest absolute Gasteiger partial charge is 0.285 e. The van der Waals surface area contributed by atoms with Crippen molar-refractivity contribution in [3.05, 3.63) is 49.8 Å². The molecule has 0 bridgehead atoms. The Bertz CT molecular complexity index is 702. The first-order valence-corrected chi connectivity index (χ1v) is 6.64. The summed E-state index contributed by atoms with van der Waals surface area (Å²) >= 11 is 9.18. The fraction of sp³-hybridized carbons (Fsp3) is 0.0833. The average Bonchev–Trinajstić information content (AvgIpc) is 2.44. The molecule has 0 saturated heterocycles. The maximum Gasteiger partial charge on any atom is 0.285 e. The van der Waals surface area contributed by atoms with E-state index >= 15 is 0 Å². The van der Waals surface area contributed by atoms with E-state index in [1.807, 2.05) is 18.2 Å². The van der Waals surface area contributed by atoms with E-state index in [4.69, 9.17) is 16.3 Å². The Morgan fingerprint density at radius 2 is 2.35 bits per heavy atom. The van der Waals surface area contributed by atoms with Crippen molar-refractivity contribution in [2.24, 2.45) is 5.10 Å². The van der Waals surface area contributed by atoms with Crippen molar-refractivity contribution in [1.29, 1.82) is 0 Å². The second-order valence-electron chi connectivity index (χ2n) is 3.69. The van der Waals surface area contributed by atoms with Gasteiger partial charge in [-0.15, -0.1) is 0 Å². The van der Waals surface area contributed by atoms with Crippen molar-refractivity contribution < 1.29 is 4.74 Å². The summed E-state index contributed by atoms with van der Waals surface area (Å²) in [7, 11) is 1.59. The minimum absolute atomic E-state index is 0.00746. The molecule has 0 spiro atoms. The maximum atomic E-state index is 11.2. The van der Waals surface area contributed by atoms with Gasteiger partial charge >= 0.3 is 0 Å². The zero-order chi connectivity index (χ0) is 14.5. The predicted octanol–water partition coefficient (Wildman–Crippen LogP) is 2.64. The van der Waals surface area contributed by atoms with Gasteiger partial charge in [-0.05, 0) is 39.7 Å². The number of hydrogen-bond donors (Lipinski definition) is 2. The number of hydrogen-bond acceptors (Lipinski definition) is 5. The molecule has 0 unspecified atom stereocenters. The predicted molar refractivity (Wildman–Crippen MR) is 81.8 cm³/mol. The van der Waals surface area contributed by atoms with E-state index in [-0.39, 0.29) is 5.02 Å². The minimum atomic E-state index is -0.473. The van der Waals surface area contributed by atoms with Gasteiger partial charge in [0.15, 0.2) is 0 Å². The molecule has 0 fully saturated rings. The Labute approximate surface area is 127 Å². The number of nitrogens with zero attached hydrogens (tertiary/aromatic N) is 2. The second-order valence-corrected chi connectivity index (χ2v) is 4.92. The number of H-pyrrole nitrogens is 1. The van der Waals surface area contributed by atoms with Crippen LogP contribution in [-0.2, 0) is 0 Å². The van der Waals surface area contributed by atoms with Crippen molar-refractivity contribution in [1.82, 2.24) is 10.2 Å². The van der Waals surface area contributed by atoms with E-state index in [0.717, 1.165) is 15.8 Å². The monoisotopic (exact) mass is 356 g/mol. The fourth-order valence-corrected chi connectivity index (χ4v) is 2.09. The quantitative estimate of drug-likeness (QED) is 0.651. The van der Waals surface area contributed by atoms with Crippen molar-refractivity contribution in [2.75, 3.05) is 12.5 Å². The van der Waals surface area contributed by atoms with Crippen LogP contribution in [-0.4, -0.2) is 23.5 Å². The van der Waals surface area contributed by atoms with E-state index in [1.54, 1.807) is 13.3 Å². The number of methoxy groups -OCH3 is 1. The van der Waals surface area contributed by atoms with Gasteiger partial charge in [0, 0.05) is 0 Å². The Balaban J connectivity index is 2.12. The molecule has 2 rings (SSSR count). The molecule has 2 aromatic rings. The Hall–Kier alpha value is -1.86. The molecule has 0 atom stereocenters. The van der Waals surface area contributed by atoms with Gasteiger partial charge in [-0.3, -0.25) is 10.2 Å². The van der Waals surface area contributed by atoms with E-state index in [2.05, 4.69) is 36.7 Å². The number of benzene rings is 1. The zero-order valence-electron chi connectivity index (χ0n) is 10.4. The summed E-state index contributed by atoms with van der Waals surface area (Å²) in [6.07, 6.45) is 2.97. The van der Waals surface area contributed by atoms with Gasteiger partial charge in [0.1, 0.15) is 16.5 Å². The molecule has 0 aliphatic heterocycles. The minimum Gasteiger partial charge on any atom is -0.496 e. The molecule has 1 heterocycles. The van der Waals surface area contributed by atoms with Crippen molar-refractivity contribution in [3.8, 4) is 5.75 Å². The largest absolute Gasteiger partial charge is 0.496 e. The van der Waals surface area contributed by atoms with Gasteiger partial charge in [-0.1, -0.05) is 11.6 Å². The van der Waals surface area contributed by atoms with Crippen LogP contribution in [0.1, 0.15) is 5.56 Å². The van der Waals surface area contributed by atoms with Gasteiger partial charge in [0.25, 0.3) is 5.56 Å². The molecular formula is C12H10BrClN4O2. The highest BCUT2D eigenvalue weighted by atomic mass is 79.9. The summed E-state index contributed by atoms with van der Waals surface area (Å²) < 4.78 is 5.95. The standard InChI is InChI=1S/C12H10BrClN4O2/c1-20-10-3-2-7(4-8(10)13)5-15-17-9-6-16-18-12(19)11(9)14/h2-6H,1H3,(H2,17,18,19)/b15-5-. The van der Waals surface area contributed by atoms with E-state index < -0.39 is 5.56 Å². The summed E-state index contributed by atoms with van der Waals surface area (Å²) in [5.41, 5.74) is 3.36. The van der Waals surface area contributed by atoms with Gasteiger partial charge in [-0.2, -0.15) is 10.2 Å². The highest BCUT2D eigenvalue weighted by Crippen LogP contribution is 2.24. The van der Waals surface area contributed by atoms with Gasteiger partial charge in [-0.25, -0.2) is 5.10 Å². The number of ether oxygens (including phenoxy) is 1. The summed E-state index contributed by atoms with van der Waals surface area (Å²) in [5, 5.41) is 9.85. The third-order valence-electron chi connectivity index (χ3n) is 2.37. The first-order chi connectivity index (χ1) is 9.61. The molecule has 2 N–H and O–H groups in total. The topological polar surface area (TPSA) is 79.4 Å². The van der Waals surface area contributed by atoms with Crippen LogP contribution in [0.15, 0.2) is 38.8 Å². The zero-order valence-corrected chi connectivity index (χ0v) is 12.7.